The summed E-state index contributed by atoms with van der Waals surface area (Å²) in [6, 6.07) is 3.62. The van der Waals surface area contributed by atoms with E-state index in [4.69, 9.17) is 0 Å². The molecule has 1 aromatic carbocycles. The van der Waals surface area contributed by atoms with Crippen LogP contribution < -0.4 is 4.74 Å². The summed E-state index contributed by atoms with van der Waals surface area (Å²) >= 11 is 2.89. The monoisotopic (exact) mass is 332 g/mol. The molecule has 0 fully saturated rings. The van der Waals surface area contributed by atoms with E-state index in [0.717, 1.165) is 12.3 Å². The fourth-order valence-electron chi connectivity index (χ4n) is 1.14. The standard InChI is InChI=1S/C9H8BrF3O3S/c1-17(14,15)5-6-2-3-8(7(10)4-6)16-9(11,12)13/h2-4H,5H2,1H3. The third-order valence-corrected chi connectivity index (χ3v) is 3.13. The van der Waals surface area contributed by atoms with Crippen LogP contribution in [0.5, 0.6) is 5.75 Å². The van der Waals surface area contributed by atoms with Crippen molar-refractivity contribution < 1.29 is 26.3 Å². The van der Waals surface area contributed by atoms with Gasteiger partial charge in [0.25, 0.3) is 0 Å². The number of sulfone groups is 1. The van der Waals surface area contributed by atoms with E-state index in [-0.39, 0.29) is 10.2 Å². The van der Waals surface area contributed by atoms with Crippen LogP contribution in [0.3, 0.4) is 0 Å². The topological polar surface area (TPSA) is 43.4 Å². The molecule has 3 nitrogen and oxygen atoms in total. The highest BCUT2D eigenvalue weighted by molar-refractivity contribution is 9.10. The molecule has 17 heavy (non-hydrogen) atoms. The lowest BCUT2D eigenvalue weighted by Crippen LogP contribution is -2.17. The summed E-state index contributed by atoms with van der Waals surface area (Å²) in [5, 5.41) is 0. The normalized spacial score (nSPS) is 12.5. The van der Waals surface area contributed by atoms with Crippen LogP contribution in [0.4, 0.5) is 13.2 Å². The summed E-state index contributed by atoms with van der Waals surface area (Å²) in [4.78, 5) is 0. The molecule has 0 unspecified atom stereocenters. The third-order valence-electron chi connectivity index (χ3n) is 1.65. The molecule has 8 heteroatoms. The number of rotatable bonds is 3. The van der Waals surface area contributed by atoms with Crippen molar-refractivity contribution in [2.45, 2.75) is 12.1 Å². The van der Waals surface area contributed by atoms with Gasteiger partial charge in [-0.3, -0.25) is 0 Å². The first-order valence-electron chi connectivity index (χ1n) is 4.29. The number of ether oxygens (including phenoxy) is 1. The Labute approximate surface area is 105 Å². The summed E-state index contributed by atoms with van der Waals surface area (Å²) in [5.41, 5.74) is 0.383. The molecule has 0 aliphatic carbocycles. The van der Waals surface area contributed by atoms with Gasteiger partial charge in [0.1, 0.15) is 5.75 Å². The first kappa shape index (κ1) is 14.3. The van der Waals surface area contributed by atoms with Gasteiger partial charge in [0, 0.05) is 6.26 Å². The molecule has 0 aliphatic rings. The summed E-state index contributed by atoms with van der Waals surface area (Å²) in [6.45, 7) is 0. The largest absolute Gasteiger partial charge is 0.573 e. The molecular weight excluding hydrogens is 325 g/mol. The van der Waals surface area contributed by atoms with E-state index in [1.165, 1.54) is 12.1 Å². The molecule has 0 atom stereocenters. The summed E-state index contributed by atoms with van der Waals surface area (Å²) in [7, 11) is -3.23. The lowest BCUT2D eigenvalue weighted by atomic mass is 10.2. The van der Waals surface area contributed by atoms with Crippen molar-refractivity contribution in [1.29, 1.82) is 0 Å². The van der Waals surface area contributed by atoms with Crippen LogP contribution in [-0.2, 0) is 15.6 Å². The summed E-state index contributed by atoms with van der Waals surface area (Å²) < 4.78 is 61.6. The maximum atomic E-state index is 12.0. The minimum Gasteiger partial charge on any atom is -0.405 e. The molecule has 0 aromatic heterocycles. The Morgan fingerprint density at radius 3 is 2.35 bits per heavy atom. The second-order valence-corrected chi connectivity index (χ2v) is 6.38. The zero-order valence-electron chi connectivity index (χ0n) is 8.58. The maximum Gasteiger partial charge on any atom is 0.573 e. The predicted molar refractivity (Wildman–Crippen MR) is 59.4 cm³/mol. The van der Waals surface area contributed by atoms with E-state index >= 15 is 0 Å². The van der Waals surface area contributed by atoms with Crippen molar-refractivity contribution in [2.75, 3.05) is 6.26 Å². The lowest BCUT2D eigenvalue weighted by Gasteiger charge is -2.11. The molecule has 1 aromatic rings. The zero-order valence-corrected chi connectivity index (χ0v) is 11.0. The van der Waals surface area contributed by atoms with E-state index < -0.39 is 21.9 Å². The molecule has 0 bridgehead atoms. The summed E-state index contributed by atoms with van der Waals surface area (Å²) in [5.74, 6) is -0.646. The van der Waals surface area contributed by atoms with Gasteiger partial charge < -0.3 is 4.74 Å². The number of hydrogen-bond acceptors (Lipinski definition) is 3. The van der Waals surface area contributed by atoms with Crippen LogP contribution in [0, 0.1) is 0 Å². The highest BCUT2D eigenvalue weighted by atomic mass is 79.9. The van der Waals surface area contributed by atoms with Gasteiger partial charge >= 0.3 is 6.36 Å². The molecule has 0 heterocycles. The second kappa shape index (κ2) is 4.85. The van der Waals surface area contributed by atoms with Gasteiger partial charge in [-0.1, -0.05) is 6.07 Å². The highest BCUT2D eigenvalue weighted by Gasteiger charge is 2.31. The van der Waals surface area contributed by atoms with Gasteiger partial charge in [-0.15, -0.1) is 13.2 Å². The van der Waals surface area contributed by atoms with Crippen molar-refractivity contribution in [3.8, 4) is 5.75 Å². The van der Waals surface area contributed by atoms with Crippen LogP contribution in [0.25, 0.3) is 0 Å². The molecule has 1 rings (SSSR count). The molecule has 0 aliphatic heterocycles. The Bertz CT molecular complexity index is 511. The van der Waals surface area contributed by atoms with E-state index in [2.05, 4.69) is 20.7 Å². The van der Waals surface area contributed by atoms with Gasteiger partial charge in [-0.05, 0) is 33.6 Å². The van der Waals surface area contributed by atoms with Crippen molar-refractivity contribution >= 4 is 25.8 Å². The Kier molecular flexibility index (Phi) is 4.08. The Balaban J connectivity index is 2.94. The number of benzene rings is 1. The number of alkyl halides is 3. The summed E-state index contributed by atoms with van der Waals surface area (Å²) in [6.07, 6.45) is -3.73. The Morgan fingerprint density at radius 1 is 1.35 bits per heavy atom. The first-order chi connectivity index (χ1) is 7.57. The molecule has 0 spiro atoms. The number of halogens is 4. The van der Waals surface area contributed by atoms with Crippen LogP contribution in [0.15, 0.2) is 22.7 Å². The molecule has 96 valence electrons. The maximum absolute atomic E-state index is 12.0. The fourth-order valence-corrected chi connectivity index (χ4v) is 2.44. The average Bonchev–Trinajstić information content (AvgIpc) is 2.05. The van der Waals surface area contributed by atoms with Gasteiger partial charge in [-0.2, -0.15) is 0 Å². The van der Waals surface area contributed by atoms with Crippen molar-refractivity contribution in [2.24, 2.45) is 0 Å². The third kappa shape index (κ3) is 5.40. The van der Waals surface area contributed by atoms with Crippen molar-refractivity contribution in [3.05, 3.63) is 28.2 Å². The zero-order chi connectivity index (χ0) is 13.3. The predicted octanol–water partition coefficient (Wildman–Crippen LogP) is 2.89. The molecule has 0 radical (unpaired) electrons. The first-order valence-corrected chi connectivity index (χ1v) is 7.14. The number of hydrogen-bond donors (Lipinski definition) is 0. The van der Waals surface area contributed by atoms with Gasteiger partial charge in [-0.25, -0.2) is 8.42 Å². The second-order valence-electron chi connectivity index (χ2n) is 3.38. The molecule has 0 saturated heterocycles. The Morgan fingerprint density at radius 2 is 1.94 bits per heavy atom. The molecular formula is C9H8BrF3O3S. The van der Waals surface area contributed by atoms with Crippen molar-refractivity contribution in [3.63, 3.8) is 0 Å². The smallest absolute Gasteiger partial charge is 0.405 e. The Hall–Kier alpha value is -0.760. The quantitative estimate of drug-likeness (QED) is 0.854. The van der Waals surface area contributed by atoms with E-state index in [9.17, 15) is 21.6 Å². The van der Waals surface area contributed by atoms with Crippen LogP contribution in [-0.4, -0.2) is 21.0 Å². The van der Waals surface area contributed by atoms with Gasteiger partial charge in [0.05, 0.1) is 10.2 Å². The van der Waals surface area contributed by atoms with E-state index in [0.29, 0.717) is 5.56 Å². The fraction of sp³-hybridized carbons (Fsp3) is 0.333. The van der Waals surface area contributed by atoms with Crippen LogP contribution in [0.2, 0.25) is 0 Å². The highest BCUT2D eigenvalue weighted by Crippen LogP contribution is 2.31. The van der Waals surface area contributed by atoms with E-state index in [1.54, 1.807) is 0 Å². The molecule has 0 saturated carbocycles. The molecule has 0 amide bonds. The van der Waals surface area contributed by atoms with Crippen LogP contribution in [0.1, 0.15) is 5.56 Å². The van der Waals surface area contributed by atoms with Crippen molar-refractivity contribution in [1.82, 2.24) is 0 Å². The lowest BCUT2D eigenvalue weighted by molar-refractivity contribution is -0.274. The minimum absolute atomic E-state index is 0.0518. The van der Waals surface area contributed by atoms with E-state index in [1.807, 2.05) is 0 Å². The van der Waals surface area contributed by atoms with Crippen LogP contribution >= 0.6 is 15.9 Å². The SMILES string of the molecule is CS(=O)(=O)Cc1ccc(OC(F)(F)F)c(Br)c1. The average molecular weight is 333 g/mol. The van der Waals surface area contributed by atoms with Gasteiger partial charge in [0.15, 0.2) is 9.84 Å². The van der Waals surface area contributed by atoms with Gasteiger partial charge in [0.2, 0.25) is 0 Å². The minimum atomic E-state index is -4.78. The molecule has 0 N–H and O–H groups in total.